The molecule has 0 unspecified atom stereocenters. The first kappa shape index (κ1) is 9.71. The van der Waals surface area contributed by atoms with Gasteiger partial charge in [0, 0.05) is 24.0 Å². The van der Waals surface area contributed by atoms with Gasteiger partial charge in [0.25, 0.3) is 0 Å². The second-order valence-electron chi connectivity index (χ2n) is 4.75. The predicted molar refractivity (Wildman–Crippen MR) is 57.1 cm³/mol. The molecule has 1 heterocycles. The van der Waals surface area contributed by atoms with Gasteiger partial charge >= 0.3 is 0 Å². The maximum Gasteiger partial charge on any atom is 0.0492 e. The van der Waals surface area contributed by atoms with Crippen molar-refractivity contribution in [3.63, 3.8) is 0 Å². The molecule has 1 fully saturated rings. The summed E-state index contributed by atoms with van der Waals surface area (Å²) in [4.78, 5) is 0. The average Bonchev–Trinajstić information content (AvgIpc) is 2.68. The van der Waals surface area contributed by atoms with Crippen LogP contribution in [0.3, 0.4) is 0 Å². The van der Waals surface area contributed by atoms with Gasteiger partial charge < -0.3 is 5.73 Å². The molecule has 78 valence electrons. The number of aryl methyl sites for hydroxylation is 1. The highest BCUT2D eigenvalue weighted by Gasteiger charge is 2.37. The monoisotopic (exact) mass is 193 g/mol. The van der Waals surface area contributed by atoms with Crippen molar-refractivity contribution in [3.05, 3.63) is 18.0 Å². The molecule has 2 N–H and O–H groups in total. The Kier molecular flexibility index (Phi) is 2.35. The first-order valence-corrected chi connectivity index (χ1v) is 5.41. The summed E-state index contributed by atoms with van der Waals surface area (Å²) in [5.41, 5.74) is 7.50. The van der Waals surface area contributed by atoms with E-state index in [9.17, 15) is 0 Å². The standard InChI is InChI=1S/C11H19N3/c1-9(2)10-3-7-13-14(10)8-6-11(12)4-5-11/h3,7,9H,4-6,8,12H2,1-2H3. The Balaban J connectivity index is 1.98. The Morgan fingerprint density at radius 2 is 2.29 bits per heavy atom. The van der Waals surface area contributed by atoms with Gasteiger partial charge in [-0.1, -0.05) is 13.8 Å². The van der Waals surface area contributed by atoms with Crippen LogP contribution in [0.4, 0.5) is 0 Å². The van der Waals surface area contributed by atoms with Crippen molar-refractivity contribution in [2.45, 2.75) is 51.1 Å². The lowest BCUT2D eigenvalue weighted by Gasteiger charge is -2.12. The number of hydrogen-bond acceptors (Lipinski definition) is 2. The molecule has 1 aromatic heterocycles. The van der Waals surface area contributed by atoms with Gasteiger partial charge in [-0.25, -0.2) is 0 Å². The van der Waals surface area contributed by atoms with Crippen molar-refractivity contribution in [1.82, 2.24) is 9.78 Å². The van der Waals surface area contributed by atoms with Crippen LogP contribution in [-0.2, 0) is 6.54 Å². The molecule has 1 saturated carbocycles. The molecule has 0 amide bonds. The molecule has 3 heteroatoms. The van der Waals surface area contributed by atoms with E-state index in [4.69, 9.17) is 5.73 Å². The Labute approximate surface area is 85.3 Å². The minimum absolute atomic E-state index is 0.139. The first-order chi connectivity index (χ1) is 6.61. The molecule has 0 saturated heterocycles. The lowest BCUT2D eigenvalue weighted by atomic mass is 10.1. The zero-order chi connectivity index (χ0) is 10.2. The van der Waals surface area contributed by atoms with Crippen LogP contribution in [-0.4, -0.2) is 15.3 Å². The number of aromatic nitrogens is 2. The lowest BCUT2D eigenvalue weighted by Crippen LogP contribution is -2.24. The third kappa shape index (κ3) is 1.98. The summed E-state index contributed by atoms with van der Waals surface area (Å²) in [6.45, 7) is 5.36. The van der Waals surface area contributed by atoms with Gasteiger partial charge in [0.2, 0.25) is 0 Å². The van der Waals surface area contributed by atoms with E-state index < -0.39 is 0 Å². The average molecular weight is 193 g/mol. The van der Waals surface area contributed by atoms with E-state index in [1.54, 1.807) is 0 Å². The molecule has 0 aliphatic heterocycles. The van der Waals surface area contributed by atoms with Crippen LogP contribution < -0.4 is 5.73 Å². The van der Waals surface area contributed by atoms with Crippen LogP contribution in [0.1, 0.15) is 44.7 Å². The molecule has 1 aliphatic carbocycles. The molecule has 3 nitrogen and oxygen atoms in total. The summed E-state index contributed by atoms with van der Waals surface area (Å²) in [5.74, 6) is 0.547. The van der Waals surface area contributed by atoms with Gasteiger partial charge in [-0.2, -0.15) is 5.10 Å². The lowest BCUT2D eigenvalue weighted by molar-refractivity contribution is 0.481. The van der Waals surface area contributed by atoms with E-state index in [0.29, 0.717) is 5.92 Å². The first-order valence-electron chi connectivity index (χ1n) is 5.41. The summed E-state index contributed by atoms with van der Waals surface area (Å²) in [6.07, 6.45) is 5.32. The highest BCUT2D eigenvalue weighted by Crippen LogP contribution is 2.36. The zero-order valence-corrected chi connectivity index (χ0v) is 9.03. The predicted octanol–water partition coefficient (Wildman–Crippen LogP) is 1.89. The fourth-order valence-corrected chi connectivity index (χ4v) is 1.76. The SMILES string of the molecule is CC(C)c1ccnn1CCC1(N)CC1. The van der Waals surface area contributed by atoms with Crippen LogP contribution in [0.2, 0.25) is 0 Å². The van der Waals surface area contributed by atoms with Crippen molar-refractivity contribution >= 4 is 0 Å². The molecule has 0 spiro atoms. The van der Waals surface area contributed by atoms with E-state index in [-0.39, 0.29) is 5.54 Å². The van der Waals surface area contributed by atoms with Gasteiger partial charge in [0.05, 0.1) is 0 Å². The van der Waals surface area contributed by atoms with Crippen molar-refractivity contribution in [3.8, 4) is 0 Å². The largest absolute Gasteiger partial charge is 0.325 e. The zero-order valence-electron chi connectivity index (χ0n) is 9.03. The van der Waals surface area contributed by atoms with E-state index >= 15 is 0 Å². The van der Waals surface area contributed by atoms with Crippen molar-refractivity contribution in [2.75, 3.05) is 0 Å². The molecule has 1 aliphatic rings. The fraction of sp³-hybridized carbons (Fsp3) is 0.727. The Hall–Kier alpha value is -0.830. The molecule has 14 heavy (non-hydrogen) atoms. The van der Waals surface area contributed by atoms with E-state index in [1.165, 1.54) is 18.5 Å². The second kappa shape index (κ2) is 3.39. The van der Waals surface area contributed by atoms with E-state index in [2.05, 4.69) is 29.7 Å². The van der Waals surface area contributed by atoms with Crippen LogP contribution in [0.5, 0.6) is 0 Å². The summed E-state index contributed by atoms with van der Waals surface area (Å²) in [6, 6.07) is 2.10. The normalized spacial score (nSPS) is 18.9. The topological polar surface area (TPSA) is 43.8 Å². The highest BCUT2D eigenvalue weighted by atomic mass is 15.3. The number of hydrogen-bond donors (Lipinski definition) is 1. The smallest absolute Gasteiger partial charge is 0.0492 e. The Morgan fingerprint density at radius 1 is 1.57 bits per heavy atom. The van der Waals surface area contributed by atoms with Gasteiger partial charge in [-0.15, -0.1) is 0 Å². The van der Waals surface area contributed by atoms with Crippen LogP contribution in [0.15, 0.2) is 12.3 Å². The minimum Gasteiger partial charge on any atom is -0.325 e. The van der Waals surface area contributed by atoms with E-state index in [1.807, 2.05) is 6.20 Å². The van der Waals surface area contributed by atoms with Gasteiger partial charge in [-0.3, -0.25) is 4.68 Å². The number of nitrogens with zero attached hydrogens (tertiary/aromatic N) is 2. The molecule has 0 radical (unpaired) electrons. The summed E-state index contributed by atoms with van der Waals surface area (Å²) in [5, 5.41) is 4.33. The van der Waals surface area contributed by atoms with Crippen molar-refractivity contribution < 1.29 is 0 Å². The van der Waals surface area contributed by atoms with Crippen LogP contribution >= 0.6 is 0 Å². The second-order valence-corrected chi connectivity index (χ2v) is 4.75. The third-order valence-electron chi connectivity index (χ3n) is 3.05. The molecule has 0 aromatic carbocycles. The number of nitrogens with two attached hydrogens (primary N) is 1. The summed E-state index contributed by atoms with van der Waals surface area (Å²) < 4.78 is 2.09. The summed E-state index contributed by atoms with van der Waals surface area (Å²) >= 11 is 0. The molecule has 0 atom stereocenters. The fourth-order valence-electron chi connectivity index (χ4n) is 1.76. The molecule has 0 bridgehead atoms. The Morgan fingerprint density at radius 3 is 2.86 bits per heavy atom. The maximum atomic E-state index is 6.05. The van der Waals surface area contributed by atoms with Gasteiger partial charge in [-0.05, 0) is 31.2 Å². The Bertz CT molecular complexity index is 310. The maximum absolute atomic E-state index is 6.05. The van der Waals surface area contributed by atoms with Gasteiger partial charge in [0.1, 0.15) is 0 Å². The van der Waals surface area contributed by atoms with Crippen molar-refractivity contribution in [2.24, 2.45) is 5.73 Å². The van der Waals surface area contributed by atoms with Crippen LogP contribution in [0.25, 0.3) is 0 Å². The van der Waals surface area contributed by atoms with E-state index in [0.717, 1.165) is 13.0 Å². The molecular formula is C11H19N3. The molecular weight excluding hydrogens is 174 g/mol. The minimum atomic E-state index is 0.139. The third-order valence-corrected chi connectivity index (χ3v) is 3.05. The van der Waals surface area contributed by atoms with Gasteiger partial charge in [0.15, 0.2) is 0 Å². The molecule has 1 aromatic rings. The molecule has 2 rings (SSSR count). The van der Waals surface area contributed by atoms with Crippen molar-refractivity contribution in [1.29, 1.82) is 0 Å². The quantitative estimate of drug-likeness (QED) is 0.793. The number of rotatable bonds is 4. The highest BCUT2D eigenvalue weighted by molar-refractivity contribution is 5.06. The van der Waals surface area contributed by atoms with Crippen LogP contribution in [0, 0.1) is 0 Å². The summed E-state index contributed by atoms with van der Waals surface area (Å²) in [7, 11) is 0.